The van der Waals surface area contributed by atoms with E-state index in [0.717, 1.165) is 29.6 Å². The number of hydrogen-bond acceptors (Lipinski definition) is 5. The molecule has 5 heteroatoms. The van der Waals surface area contributed by atoms with Crippen LogP contribution in [0.2, 0.25) is 0 Å². The Morgan fingerprint density at radius 1 is 1.14 bits per heavy atom. The van der Waals surface area contributed by atoms with Gasteiger partial charge in [0.15, 0.2) is 0 Å². The monoisotopic (exact) mass is 303 g/mol. The van der Waals surface area contributed by atoms with Crippen LogP contribution in [0.4, 0.5) is 5.82 Å². The average molecular weight is 303 g/mol. The second kappa shape index (κ2) is 7.88. The first-order valence-corrected chi connectivity index (χ1v) is 8.21. The minimum Gasteiger partial charge on any atom is -0.497 e. The van der Waals surface area contributed by atoms with Crippen LogP contribution in [0.5, 0.6) is 5.75 Å². The Kier molecular flexibility index (Phi) is 5.87. The van der Waals surface area contributed by atoms with E-state index >= 15 is 0 Å². The van der Waals surface area contributed by atoms with Gasteiger partial charge in [-0.3, -0.25) is 0 Å². The van der Waals surface area contributed by atoms with Crippen molar-refractivity contribution in [3.05, 3.63) is 42.0 Å². The quantitative estimate of drug-likeness (QED) is 0.788. The van der Waals surface area contributed by atoms with Crippen LogP contribution in [-0.2, 0) is 0 Å². The van der Waals surface area contributed by atoms with Gasteiger partial charge in [0.1, 0.15) is 16.6 Å². The molecule has 112 valence electrons. The highest BCUT2D eigenvalue weighted by Gasteiger charge is 2.06. The lowest BCUT2D eigenvalue weighted by atomic mass is 9.98. The highest BCUT2D eigenvalue weighted by Crippen LogP contribution is 2.21. The number of aromatic nitrogens is 2. The van der Waals surface area contributed by atoms with Gasteiger partial charge in [0, 0.05) is 6.54 Å². The molecule has 0 fully saturated rings. The van der Waals surface area contributed by atoms with Crippen molar-refractivity contribution in [2.45, 2.75) is 24.3 Å². The van der Waals surface area contributed by atoms with Crippen molar-refractivity contribution in [3.63, 3.8) is 0 Å². The van der Waals surface area contributed by atoms with E-state index in [4.69, 9.17) is 4.74 Å². The summed E-state index contributed by atoms with van der Waals surface area (Å²) in [5.74, 6) is 2.21. The van der Waals surface area contributed by atoms with Crippen LogP contribution in [0.1, 0.15) is 24.8 Å². The highest BCUT2D eigenvalue weighted by molar-refractivity contribution is 7.98. The Morgan fingerprint density at radius 3 is 2.48 bits per heavy atom. The van der Waals surface area contributed by atoms with Gasteiger partial charge in [-0.05, 0) is 48.4 Å². The number of benzene rings is 1. The van der Waals surface area contributed by atoms with Crippen molar-refractivity contribution in [1.29, 1.82) is 0 Å². The predicted octanol–water partition coefficient (Wildman–Crippen LogP) is 3.81. The molecular formula is C16H21N3OS. The zero-order valence-electron chi connectivity index (χ0n) is 12.7. The zero-order valence-corrected chi connectivity index (χ0v) is 13.5. The van der Waals surface area contributed by atoms with Gasteiger partial charge in [-0.1, -0.05) is 19.1 Å². The Morgan fingerprint density at radius 2 is 1.90 bits per heavy atom. The second-order valence-corrected chi connectivity index (χ2v) is 5.68. The van der Waals surface area contributed by atoms with Gasteiger partial charge in [-0.25, -0.2) is 0 Å². The summed E-state index contributed by atoms with van der Waals surface area (Å²) in [7, 11) is 1.69. The molecule has 4 nitrogen and oxygen atoms in total. The number of nitrogens with zero attached hydrogens (tertiary/aromatic N) is 2. The summed E-state index contributed by atoms with van der Waals surface area (Å²) in [4.78, 5) is 0. The van der Waals surface area contributed by atoms with Gasteiger partial charge in [0.2, 0.25) is 0 Å². The third kappa shape index (κ3) is 4.63. The van der Waals surface area contributed by atoms with Crippen molar-refractivity contribution >= 4 is 17.6 Å². The molecule has 0 amide bonds. The Labute approximate surface area is 130 Å². The molecule has 1 atom stereocenters. The summed E-state index contributed by atoms with van der Waals surface area (Å²) in [6.07, 6.45) is 3.03. The van der Waals surface area contributed by atoms with Gasteiger partial charge < -0.3 is 10.1 Å². The topological polar surface area (TPSA) is 47.0 Å². The third-order valence-corrected chi connectivity index (χ3v) is 4.05. The first kappa shape index (κ1) is 15.6. The fraction of sp³-hybridized carbons (Fsp3) is 0.375. The zero-order chi connectivity index (χ0) is 15.1. The lowest BCUT2D eigenvalue weighted by Crippen LogP contribution is -2.07. The largest absolute Gasteiger partial charge is 0.497 e. The summed E-state index contributed by atoms with van der Waals surface area (Å²) < 4.78 is 5.18. The fourth-order valence-electron chi connectivity index (χ4n) is 2.04. The van der Waals surface area contributed by atoms with Gasteiger partial charge in [-0.2, -0.15) is 0 Å². The van der Waals surface area contributed by atoms with Gasteiger partial charge in [0.25, 0.3) is 0 Å². The number of ether oxygens (including phenoxy) is 1. The summed E-state index contributed by atoms with van der Waals surface area (Å²) in [5, 5.41) is 12.5. The van der Waals surface area contributed by atoms with Crippen LogP contribution in [0.15, 0.2) is 41.4 Å². The Balaban J connectivity index is 1.81. The smallest absolute Gasteiger partial charge is 0.148 e. The first-order valence-electron chi connectivity index (χ1n) is 6.98. The molecule has 1 aromatic heterocycles. The molecule has 1 aromatic carbocycles. The van der Waals surface area contributed by atoms with Crippen molar-refractivity contribution in [1.82, 2.24) is 10.2 Å². The van der Waals surface area contributed by atoms with E-state index in [1.165, 1.54) is 5.56 Å². The molecule has 0 saturated heterocycles. The summed E-state index contributed by atoms with van der Waals surface area (Å²) in [6.45, 7) is 3.10. The van der Waals surface area contributed by atoms with Crippen LogP contribution >= 0.6 is 11.8 Å². The molecule has 0 radical (unpaired) electrons. The molecule has 0 saturated carbocycles. The highest BCUT2D eigenvalue weighted by atomic mass is 32.2. The van der Waals surface area contributed by atoms with E-state index in [9.17, 15) is 0 Å². The van der Waals surface area contributed by atoms with Crippen LogP contribution in [0, 0.1) is 0 Å². The number of rotatable bonds is 7. The van der Waals surface area contributed by atoms with Gasteiger partial charge in [0.05, 0.1) is 7.11 Å². The van der Waals surface area contributed by atoms with Crippen LogP contribution in [0.3, 0.4) is 0 Å². The number of hydrogen-bond donors (Lipinski definition) is 1. The predicted molar refractivity (Wildman–Crippen MR) is 88.3 cm³/mol. The first-order chi connectivity index (χ1) is 10.2. The molecule has 21 heavy (non-hydrogen) atoms. The summed E-state index contributed by atoms with van der Waals surface area (Å²) in [5.41, 5.74) is 1.32. The molecular weight excluding hydrogens is 282 g/mol. The molecule has 0 spiro atoms. The van der Waals surface area contributed by atoms with Crippen LogP contribution in [-0.4, -0.2) is 30.1 Å². The van der Waals surface area contributed by atoms with Crippen molar-refractivity contribution in [2.24, 2.45) is 0 Å². The molecule has 0 aliphatic carbocycles. The number of thioether (sulfide) groups is 1. The van der Waals surface area contributed by atoms with E-state index < -0.39 is 0 Å². The van der Waals surface area contributed by atoms with E-state index in [1.54, 1.807) is 18.9 Å². The summed E-state index contributed by atoms with van der Waals surface area (Å²) >= 11 is 1.59. The number of nitrogens with one attached hydrogen (secondary N) is 1. The molecule has 2 aromatic rings. The lowest BCUT2D eigenvalue weighted by Gasteiger charge is -2.13. The van der Waals surface area contributed by atoms with Crippen molar-refractivity contribution in [3.8, 4) is 5.75 Å². The second-order valence-electron chi connectivity index (χ2n) is 4.85. The fourth-order valence-corrected chi connectivity index (χ4v) is 2.37. The lowest BCUT2D eigenvalue weighted by molar-refractivity contribution is 0.414. The van der Waals surface area contributed by atoms with Crippen molar-refractivity contribution in [2.75, 3.05) is 25.2 Å². The van der Waals surface area contributed by atoms with Crippen molar-refractivity contribution < 1.29 is 4.74 Å². The van der Waals surface area contributed by atoms with E-state index in [0.29, 0.717) is 5.92 Å². The molecule has 2 rings (SSSR count). The molecule has 0 bridgehead atoms. The average Bonchev–Trinajstić information content (AvgIpc) is 2.55. The number of anilines is 1. The molecule has 1 heterocycles. The molecule has 0 aliphatic heterocycles. The van der Waals surface area contributed by atoms with Crippen LogP contribution in [0.25, 0.3) is 0 Å². The minimum atomic E-state index is 0.488. The Bertz CT molecular complexity index is 542. The molecule has 0 aliphatic rings. The SMILES string of the molecule is COc1ccc(C(C)CCNc2ccc(SC)nn2)cc1. The standard InChI is InChI=1S/C16H21N3OS/c1-12(13-4-6-14(20-2)7-5-13)10-11-17-15-8-9-16(21-3)19-18-15/h4-9,12H,10-11H2,1-3H3,(H,17,18). The molecule has 1 N–H and O–H groups in total. The number of methoxy groups -OCH3 is 1. The maximum Gasteiger partial charge on any atom is 0.148 e. The van der Waals surface area contributed by atoms with Gasteiger partial charge in [-0.15, -0.1) is 22.0 Å². The van der Waals surface area contributed by atoms with E-state index in [-0.39, 0.29) is 0 Å². The normalized spacial score (nSPS) is 12.0. The van der Waals surface area contributed by atoms with Crippen LogP contribution < -0.4 is 10.1 Å². The Hall–Kier alpha value is -1.75. The maximum atomic E-state index is 5.18. The van der Waals surface area contributed by atoms with Gasteiger partial charge >= 0.3 is 0 Å². The minimum absolute atomic E-state index is 0.488. The van der Waals surface area contributed by atoms with E-state index in [2.05, 4.69) is 34.6 Å². The van der Waals surface area contributed by atoms with E-state index in [1.807, 2.05) is 30.5 Å². The third-order valence-electron chi connectivity index (χ3n) is 3.42. The maximum absolute atomic E-state index is 5.18. The summed E-state index contributed by atoms with van der Waals surface area (Å²) in [6, 6.07) is 12.2. The molecule has 1 unspecified atom stereocenters.